The molecule has 0 aromatic carbocycles. The lowest BCUT2D eigenvalue weighted by molar-refractivity contribution is -0.247. The van der Waals surface area contributed by atoms with E-state index in [1.807, 2.05) is 0 Å². The molecule has 1 unspecified atom stereocenters. The van der Waals surface area contributed by atoms with Crippen molar-refractivity contribution < 1.29 is 24.5 Å². The average Bonchev–Trinajstić information content (AvgIpc) is 3.27. The number of aliphatic hydroxyl groups excluding tert-OH is 2. The minimum atomic E-state index is -0.472. The summed E-state index contributed by atoms with van der Waals surface area (Å²) in [4.78, 5) is 13.8. The second-order valence-corrected chi connectivity index (χ2v) is 9.74. The van der Waals surface area contributed by atoms with Gasteiger partial charge in [-0.25, -0.2) is 0 Å². The summed E-state index contributed by atoms with van der Waals surface area (Å²) in [5.41, 5.74) is -0.294. The lowest BCUT2D eigenvalue weighted by Gasteiger charge is -2.60. The van der Waals surface area contributed by atoms with E-state index in [0.29, 0.717) is 31.0 Å². The maximum Gasteiger partial charge on any atom is 0.248 e. The lowest BCUT2D eigenvalue weighted by Crippen LogP contribution is -2.61. The molecule has 1 aliphatic heterocycles. The molecule has 6 nitrogen and oxygen atoms in total. The fraction of sp³-hybridized carbons (Fsp3) is 0.952. The molecular weight excluding hydrogens is 346 g/mol. The van der Waals surface area contributed by atoms with E-state index in [1.54, 1.807) is 11.9 Å². The highest BCUT2D eigenvalue weighted by atomic mass is 16.7. The Morgan fingerprint density at radius 1 is 1.04 bits per heavy atom. The zero-order chi connectivity index (χ0) is 19.4. The number of amides is 1. The topological polar surface area (TPSA) is 79.2 Å². The number of carbonyl (C=O) groups excluding carboxylic acids is 1. The van der Waals surface area contributed by atoms with Crippen LogP contribution in [0.5, 0.6) is 0 Å². The molecule has 4 aliphatic rings. The van der Waals surface area contributed by atoms with Crippen LogP contribution in [0.1, 0.15) is 52.4 Å². The maximum absolute atomic E-state index is 12.1. The molecule has 0 aromatic heterocycles. The molecule has 1 amide bonds. The smallest absolute Gasteiger partial charge is 0.248 e. The summed E-state index contributed by atoms with van der Waals surface area (Å²) in [6.45, 7) is 5.49. The van der Waals surface area contributed by atoms with E-state index in [4.69, 9.17) is 9.47 Å². The molecule has 6 atom stereocenters. The minimum absolute atomic E-state index is 0.0258. The Labute approximate surface area is 162 Å². The van der Waals surface area contributed by atoms with Gasteiger partial charge in [0, 0.05) is 30.3 Å². The van der Waals surface area contributed by atoms with E-state index < -0.39 is 12.4 Å². The fourth-order valence-corrected chi connectivity index (χ4v) is 7.47. The standard InChI is InChI=1S/C21H35NO5/c1-19(13-24)15-6-8-20(2)16(7-9-21(20)26-10-11-27-21)14(15)4-5-17(19)22(3)18(25)12-23/h14-17,23-24H,4-13H2,1-3H3/t14-,15+,16+,17?,19-,20+/m1/s1. The Morgan fingerprint density at radius 2 is 1.70 bits per heavy atom. The molecule has 27 heavy (non-hydrogen) atoms. The van der Waals surface area contributed by atoms with Gasteiger partial charge in [-0.1, -0.05) is 13.8 Å². The molecule has 3 saturated carbocycles. The first-order valence-electron chi connectivity index (χ1n) is 10.6. The Hall–Kier alpha value is -0.690. The Morgan fingerprint density at radius 3 is 2.33 bits per heavy atom. The predicted octanol–water partition coefficient (Wildman–Crippen LogP) is 1.78. The number of aliphatic hydroxyl groups is 2. The summed E-state index contributed by atoms with van der Waals surface area (Å²) < 4.78 is 12.4. The Balaban J connectivity index is 1.62. The summed E-state index contributed by atoms with van der Waals surface area (Å²) in [5, 5.41) is 19.7. The first kappa shape index (κ1) is 19.6. The number of fused-ring (bicyclic) bond motifs is 4. The van der Waals surface area contributed by atoms with Crippen molar-refractivity contribution in [2.75, 3.05) is 33.5 Å². The number of hydrogen-bond acceptors (Lipinski definition) is 5. The molecule has 4 rings (SSSR count). The molecule has 2 N–H and O–H groups in total. The van der Waals surface area contributed by atoms with Crippen LogP contribution in [0.3, 0.4) is 0 Å². The van der Waals surface area contributed by atoms with Gasteiger partial charge >= 0.3 is 0 Å². The largest absolute Gasteiger partial charge is 0.396 e. The summed E-state index contributed by atoms with van der Waals surface area (Å²) >= 11 is 0. The fourth-order valence-electron chi connectivity index (χ4n) is 7.47. The van der Waals surface area contributed by atoms with Crippen LogP contribution in [0.4, 0.5) is 0 Å². The molecule has 6 heteroatoms. The minimum Gasteiger partial charge on any atom is -0.396 e. The Kier molecular flexibility index (Phi) is 4.86. The van der Waals surface area contributed by atoms with E-state index in [9.17, 15) is 15.0 Å². The number of ether oxygens (including phenoxy) is 2. The van der Waals surface area contributed by atoms with Gasteiger partial charge in [0.15, 0.2) is 5.79 Å². The molecule has 0 aromatic rings. The zero-order valence-electron chi connectivity index (χ0n) is 16.9. The van der Waals surface area contributed by atoms with Crippen LogP contribution >= 0.6 is 0 Å². The number of carbonyl (C=O) groups is 1. The molecule has 0 radical (unpaired) electrons. The van der Waals surface area contributed by atoms with Crippen molar-refractivity contribution in [1.29, 1.82) is 0 Å². The SMILES string of the molecule is CN(C(=O)CO)C1CC[C@@H]2[C@H](CC[C@@]3(C)[C@H]2CCC32OCCO2)[C@@]1(C)CO. The molecule has 3 aliphatic carbocycles. The third-order valence-electron chi connectivity index (χ3n) is 8.95. The van der Waals surface area contributed by atoms with Crippen LogP contribution in [0.25, 0.3) is 0 Å². The lowest BCUT2D eigenvalue weighted by atomic mass is 9.48. The van der Waals surface area contributed by atoms with Gasteiger partial charge < -0.3 is 24.6 Å². The summed E-state index contributed by atoms with van der Waals surface area (Å²) in [7, 11) is 1.77. The van der Waals surface area contributed by atoms with Crippen LogP contribution in [0, 0.1) is 28.6 Å². The van der Waals surface area contributed by atoms with Crippen molar-refractivity contribution >= 4 is 5.91 Å². The van der Waals surface area contributed by atoms with Gasteiger partial charge in [-0.2, -0.15) is 0 Å². The van der Waals surface area contributed by atoms with Crippen molar-refractivity contribution in [1.82, 2.24) is 4.90 Å². The van der Waals surface area contributed by atoms with Crippen molar-refractivity contribution in [3.05, 3.63) is 0 Å². The summed E-state index contributed by atoms with van der Waals surface area (Å²) in [6.07, 6.45) is 6.10. The quantitative estimate of drug-likeness (QED) is 0.779. The first-order chi connectivity index (χ1) is 12.8. The molecule has 1 saturated heterocycles. The van der Waals surface area contributed by atoms with Crippen molar-refractivity contribution in [2.24, 2.45) is 28.6 Å². The summed E-state index contributed by atoms with van der Waals surface area (Å²) in [5.74, 6) is 0.789. The first-order valence-corrected chi connectivity index (χ1v) is 10.6. The molecule has 1 heterocycles. The van der Waals surface area contributed by atoms with Gasteiger partial charge in [0.25, 0.3) is 0 Å². The number of nitrogens with zero attached hydrogens (tertiary/aromatic N) is 1. The Bertz CT molecular complexity index is 591. The molecule has 1 spiro atoms. The third-order valence-corrected chi connectivity index (χ3v) is 8.95. The van der Waals surface area contributed by atoms with Gasteiger partial charge in [0.05, 0.1) is 19.8 Å². The zero-order valence-corrected chi connectivity index (χ0v) is 16.9. The van der Waals surface area contributed by atoms with Gasteiger partial charge in [-0.15, -0.1) is 0 Å². The van der Waals surface area contributed by atoms with Crippen LogP contribution in [0.15, 0.2) is 0 Å². The van der Waals surface area contributed by atoms with E-state index in [-0.39, 0.29) is 29.4 Å². The second kappa shape index (κ2) is 6.68. The number of rotatable bonds is 3. The van der Waals surface area contributed by atoms with E-state index in [0.717, 1.165) is 38.5 Å². The highest BCUT2D eigenvalue weighted by Gasteiger charge is 2.67. The molecule has 0 bridgehead atoms. The predicted molar refractivity (Wildman–Crippen MR) is 99.8 cm³/mol. The van der Waals surface area contributed by atoms with Crippen molar-refractivity contribution in [3.8, 4) is 0 Å². The van der Waals surface area contributed by atoms with Gasteiger partial charge in [-0.05, 0) is 49.9 Å². The van der Waals surface area contributed by atoms with Crippen LogP contribution < -0.4 is 0 Å². The molecular formula is C21H35NO5. The van der Waals surface area contributed by atoms with Crippen molar-refractivity contribution in [2.45, 2.75) is 64.2 Å². The third kappa shape index (κ3) is 2.56. The van der Waals surface area contributed by atoms with E-state index in [2.05, 4.69) is 13.8 Å². The van der Waals surface area contributed by atoms with Crippen LogP contribution in [0.2, 0.25) is 0 Å². The maximum atomic E-state index is 12.1. The molecule has 154 valence electrons. The highest BCUT2D eigenvalue weighted by Crippen LogP contribution is 2.67. The number of hydrogen-bond donors (Lipinski definition) is 2. The van der Waals surface area contributed by atoms with Crippen LogP contribution in [-0.4, -0.2) is 66.3 Å². The average molecular weight is 382 g/mol. The highest BCUT2D eigenvalue weighted by molar-refractivity contribution is 5.77. The van der Waals surface area contributed by atoms with Gasteiger partial charge in [0.2, 0.25) is 5.91 Å². The summed E-state index contributed by atoms with van der Waals surface area (Å²) in [6, 6.07) is -0.0258. The molecule has 4 fully saturated rings. The van der Waals surface area contributed by atoms with Crippen molar-refractivity contribution in [3.63, 3.8) is 0 Å². The monoisotopic (exact) mass is 381 g/mol. The van der Waals surface area contributed by atoms with E-state index >= 15 is 0 Å². The van der Waals surface area contributed by atoms with Gasteiger partial charge in [0.1, 0.15) is 6.61 Å². The second-order valence-electron chi connectivity index (χ2n) is 9.74. The normalized spacial score (nSPS) is 45.5. The van der Waals surface area contributed by atoms with Crippen LogP contribution in [-0.2, 0) is 14.3 Å². The number of likely N-dealkylation sites (N-methyl/N-ethyl adjacent to an activating group) is 1. The van der Waals surface area contributed by atoms with Gasteiger partial charge in [-0.3, -0.25) is 4.79 Å². The van der Waals surface area contributed by atoms with E-state index in [1.165, 1.54) is 0 Å².